The lowest BCUT2D eigenvalue weighted by atomic mass is 9.81. The van der Waals surface area contributed by atoms with Crippen LogP contribution in [0.2, 0.25) is 0 Å². The molecule has 20 heavy (non-hydrogen) atoms. The largest absolute Gasteiger partial charge is 0.352 e. The molecule has 1 aromatic carbocycles. The van der Waals surface area contributed by atoms with Crippen LogP contribution < -0.4 is 5.32 Å². The molecule has 0 heterocycles. The molecule has 0 radical (unpaired) electrons. The highest BCUT2D eigenvalue weighted by molar-refractivity contribution is 9.10. The molecule has 0 aliphatic heterocycles. The number of rotatable bonds is 4. The van der Waals surface area contributed by atoms with Gasteiger partial charge in [0.1, 0.15) is 0 Å². The van der Waals surface area contributed by atoms with Crippen LogP contribution in [0.15, 0.2) is 22.7 Å². The van der Waals surface area contributed by atoms with Crippen LogP contribution in [0.5, 0.6) is 0 Å². The summed E-state index contributed by atoms with van der Waals surface area (Å²) in [5, 5.41) is 3.06. The summed E-state index contributed by atoms with van der Waals surface area (Å²) in [6.07, 6.45) is 6.46. The van der Waals surface area contributed by atoms with Gasteiger partial charge in [-0.25, -0.2) is 0 Å². The second kappa shape index (κ2) is 7.26. The standard InChI is InChI=1S/C17H24BrNO/c1-12-3-6-14(7-4-12)9-10-19-17(20)15-11-13(2)5-8-16(15)18/h5,8,11-12,14H,3-4,6-7,9-10H2,1-2H3,(H,19,20). The highest BCUT2D eigenvalue weighted by atomic mass is 79.9. The molecule has 0 spiro atoms. The van der Waals surface area contributed by atoms with Crippen LogP contribution in [0.4, 0.5) is 0 Å². The molecule has 2 nitrogen and oxygen atoms in total. The van der Waals surface area contributed by atoms with Gasteiger partial charge in [-0.05, 0) is 53.2 Å². The lowest BCUT2D eigenvalue weighted by Crippen LogP contribution is -2.27. The third kappa shape index (κ3) is 4.34. The normalized spacial score (nSPS) is 22.6. The van der Waals surface area contributed by atoms with Crippen molar-refractivity contribution in [2.75, 3.05) is 6.54 Å². The molecular weight excluding hydrogens is 314 g/mol. The number of hydrogen-bond acceptors (Lipinski definition) is 1. The molecule has 1 aromatic rings. The van der Waals surface area contributed by atoms with Crippen LogP contribution in [-0.4, -0.2) is 12.5 Å². The molecule has 0 saturated heterocycles. The van der Waals surface area contributed by atoms with Crippen molar-refractivity contribution < 1.29 is 4.79 Å². The number of amides is 1. The van der Waals surface area contributed by atoms with Crippen molar-refractivity contribution in [1.29, 1.82) is 0 Å². The molecule has 3 heteroatoms. The van der Waals surface area contributed by atoms with E-state index in [2.05, 4.69) is 28.2 Å². The van der Waals surface area contributed by atoms with E-state index in [1.807, 2.05) is 25.1 Å². The van der Waals surface area contributed by atoms with Gasteiger partial charge in [-0.15, -0.1) is 0 Å². The van der Waals surface area contributed by atoms with Crippen LogP contribution in [0.1, 0.15) is 54.9 Å². The summed E-state index contributed by atoms with van der Waals surface area (Å²) in [6.45, 7) is 5.14. The molecule has 2 rings (SSSR count). The topological polar surface area (TPSA) is 29.1 Å². The Hall–Kier alpha value is -0.830. The second-order valence-electron chi connectivity index (χ2n) is 6.15. The van der Waals surface area contributed by atoms with Crippen molar-refractivity contribution in [3.05, 3.63) is 33.8 Å². The van der Waals surface area contributed by atoms with Crippen LogP contribution in [0.25, 0.3) is 0 Å². The minimum atomic E-state index is 0.0322. The first-order valence-electron chi connectivity index (χ1n) is 7.60. The zero-order valence-electron chi connectivity index (χ0n) is 12.4. The molecule has 1 aliphatic carbocycles. The SMILES string of the molecule is Cc1ccc(Br)c(C(=O)NCCC2CCC(C)CC2)c1. The summed E-state index contributed by atoms with van der Waals surface area (Å²) in [4.78, 5) is 12.2. The van der Waals surface area contributed by atoms with Crippen LogP contribution in [0, 0.1) is 18.8 Å². The molecule has 1 aliphatic rings. The molecule has 1 fully saturated rings. The number of nitrogens with one attached hydrogen (secondary N) is 1. The summed E-state index contributed by atoms with van der Waals surface area (Å²) >= 11 is 3.45. The van der Waals surface area contributed by atoms with Crippen molar-refractivity contribution in [2.45, 2.75) is 46.0 Å². The second-order valence-corrected chi connectivity index (χ2v) is 7.01. The lowest BCUT2D eigenvalue weighted by molar-refractivity contribution is 0.0949. The fraction of sp³-hybridized carbons (Fsp3) is 0.588. The van der Waals surface area contributed by atoms with Crippen molar-refractivity contribution >= 4 is 21.8 Å². The van der Waals surface area contributed by atoms with E-state index in [1.165, 1.54) is 25.7 Å². The highest BCUT2D eigenvalue weighted by Crippen LogP contribution is 2.30. The molecule has 110 valence electrons. The van der Waals surface area contributed by atoms with E-state index >= 15 is 0 Å². The third-order valence-corrected chi connectivity index (χ3v) is 5.03. The van der Waals surface area contributed by atoms with Crippen LogP contribution >= 0.6 is 15.9 Å². The lowest BCUT2D eigenvalue weighted by Gasteiger charge is -2.26. The van der Waals surface area contributed by atoms with Crippen molar-refractivity contribution in [1.82, 2.24) is 5.32 Å². The molecule has 0 aromatic heterocycles. The quantitative estimate of drug-likeness (QED) is 0.847. The number of carbonyl (C=O) groups is 1. The zero-order chi connectivity index (χ0) is 14.5. The first kappa shape index (κ1) is 15.6. The van der Waals surface area contributed by atoms with E-state index in [0.29, 0.717) is 0 Å². The average Bonchev–Trinajstić information content (AvgIpc) is 2.43. The summed E-state index contributed by atoms with van der Waals surface area (Å²) < 4.78 is 0.868. The Labute approximate surface area is 130 Å². The number of halogens is 1. The molecule has 1 saturated carbocycles. The maximum Gasteiger partial charge on any atom is 0.252 e. The molecular formula is C17H24BrNO. The van der Waals surface area contributed by atoms with E-state index < -0.39 is 0 Å². The maximum atomic E-state index is 12.2. The van der Waals surface area contributed by atoms with Gasteiger partial charge in [-0.2, -0.15) is 0 Å². The van der Waals surface area contributed by atoms with Gasteiger partial charge in [0.25, 0.3) is 5.91 Å². The van der Waals surface area contributed by atoms with E-state index in [-0.39, 0.29) is 5.91 Å². The van der Waals surface area contributed by atoms with Gasteiger partial charge < -0.3 is 5.32 Å². The Balaban J connectivity index is 1.79. The summed E-state index contributed by atoms with van der Waals surface area (Å²) in [5.41, 5.74) is 1.85. The minimum absolute atomic E-state index is 0.0322. The van der Waals surface area contributed by atoms with Gasteiger partial charge in [0.05, 0.1) is 5.56 Å². The van der Waals surface area contributed by atoms with Gasteiger partial charge >= 0.3 is 0 Å². The molecule has 0 unspecified atom stereocenters. The van der Waals surface area contributed by atoms with E-state index in [4.69, 9.17) is 0 Å². The summed E-state index contributed by atoms with van der Waals surface area (Å²) in [5.74, 6) is 1.72. The van der Waals surface area contributed by atoms with Gasteiger partial charge in [0.15, 0.2) is 0 Å². The molecule has 1 amide bonds. The van der Waals surface area contributed by atoms with Crippen LogP contribution in [-0.2, 0) is 0 Å². The molecule has 0 atom stereocenters. The Morgan fingerprint density at radius 1 is 1.30 bits per heavy atom. The fourth-order valence-corrected chi connectivity index (χ4v) is 3.34. The monoisotopic (exact) mass is 337 g/mol. The number of hydrogen-bond donors (Lipinski definition) is 1. The smallest absolute Gasteiger partial charge is 0.252 e. The Bertz CT molecular complexity index is 464. The fourth-order valence-electron chi connectivity index (χ4n) is 2.92. The van der Waals surface area contributed by atoms with Crippen molar-refractivity contribution in [3.63, 3.8) is 0 Å². The first-order chi connectivity index (χ1) is 9.56. The molecule has 1 N–H and O–H groups in total. The maximum absolute atomic E-state index is 12.2. The first-order valence-corrected chi connectivity index (χ1v) is 8.40. The van der Waals surface area contributed by atoms with Gasteiger partial charge in [-0.1, -0.05) is 44.2 Å². The Morgan fingerprint density at radius 2 is 2.00 bits per heavy atom. The number of carbonyl (C=O) groups excluding carboxylic acids is 1. The molecule has 0 bridgehead atoms. The van der Waals surface area contributed by atoms with Gasteiger partial charge in [0.2, 0.25) is 0 Å². The Morgan fingerprint density at radius 3 is 2.70 bits per heavy atom. The van der Waals surface area contributed by atoms with E-state index in [0.717, 1.165) is 40.4 Å². The van der Waals surface area contributed by atoms with Crippen LogP contribution in [0.3, 0.4) is 0 Å². The third-order valence-electron chi connectivity index (χ3n) is 4.34. The minimum Gasteiger partial charge on any atom is -0.352 e. The average molecular weight is 338 g/mol. The number of benzene rings is 1. The summed E-state index contributed by atoms with van der Waals surface area (Å²) in [7, 11) is 0. The van der Waals surface area contributed by atoms with Crippen molar-refractivity contribution in [2.24, 2.45) is 11.8 Å². The van der Waals surface area contributed by atoms with Gasteiger partial charge in [-0.3, -0.25) is 4.79 Å². The predicted octanol–water partition coefficient (Wildman–Crippen LogP) is 4.70. The highest BCUT2D eigenvalue weighted by Gasteiger charge is 2.18. The van der Waals surface area contributed by atoms with Crippen molar-refractivity contribution in [3.8, 4) is 0 Å². The van der Waals surface area contributed by atoms with Gasteiger partial charge in [0, 0.05) is 11.0 Å². The van der Waals surface area contributed by atoms with E-state index in [1.54, 1.807) is 0 Å². The predicted molar refractivity (Wildman–Crippen MR) is 87.0 cm³/mol. The zero-order valence-corrected chi connectivity index (χ0v) is 14.0. The summed E-state index contributed by atoms with van der Waals surface area (Å²) in [6, 6.07) is 5.87. The number of aryl methyl sites for hydroxylation is 1. The van der Waals surface area contributed by atoms with E-state index in [9.17, 15) is 4.79 Å². The Kier molecular flexibility index (Phi) is 5.64.